The molecule has 1 atom stereocenters. The maximum atomic E-state index is 10.8. The molecule has 0 bridgehead atoms. The van der Waals surface area contributed by atoms with Crippen LogP contribution in [-0.4, -0.2) is 16.2 Å². The fourth-order valence-electron chi connectivity index (χ4n) is 3.02. The molecule has 26 heavy (non-hydrogen) atoms. The highest BCUT2D eigenvalue weighted by Gasteiger charge is 2.20. The zero-order chi connectivity index (χ0) is 18.7. The van der Waals surface area contributed by atoms with Crippen molar-refractivity contribution < 1.29 is 10.0 Å². The molecule has 5 heteroatoms. The lowest BCUT2D eigenvalue weighted by Crippen LogP contribution is -2.06. The van der Waals surface area contributed by atoms with Crippen LogP contribution in [0, 0.1) is 16.0 Å². The third-order valence-corrected chi connectivity index (χ3v) is 4.36. The van der Waals surface area contributed by atoms with E-state index in [0.29, 0.717) is 0 Å². The molecule has 0 saturated carbocycles. The molecule has 0 aliphatic rings. The average Bonchev–Trinajstić information content (AvgIpc) is 2.63. The molecule has 0 fully saturated rings. The highest BCUT2D eigenvalue weighted by molar-refractivity contribution is 5.89. The summed E-state index contributed by atoms with van der Waals surface area (Å²) < 4.78 is 0. The van der Waals surface area contributed by atoms with E-state index in [0.717, 1.165) is 21.9 Å². The van der Waals surface area contributed by atoms with E-state index in [1.165, 1.54) is 12.1 Å². The van der Waals surface area contributed by atoms with Crippen molar-refractivity contribution in [2.24, 2.45) is 10.9 Å². The molecular formula is C21H20N2O3. The minimum Gasteiger partial charge on any atom is -0.508 e. The Labute approximate surface area is 151 Å². The number of aromatic hydroxyl groups is 1. The van der Waals surface area contributed by atoms with Crippen LogP contribution in [0.25, 0.3) is 10.8 Å². The first-order chi connectivity index (χ1) is 12.5. The number of rotatable bonds is 5. The van der Waals surface area contributed by atoms with Crippen LogP contribution in [0.3, 0.4) is 0 Å². The molecule has 5 nitrogen and oxygen atoms in total. The number of hydrogen-bond donors (Lipinski definition) is 1. The van der Waals surface area contributed by atoms with Gasteiger partial charge in [-0.05, 0) is 40.5 Å². The van der Waals surface area contributed by atoms with Gasteiger partial charge in [-0.1, -0.05) is 44.2 Å². The summed E-state index contributed by atoms with van der Waals surface area (Å²) in [5.74, 6) is 0.393. The van der Waals surface area contributed by atoms with Crippen molar-refractivity contribution in [1.29, 1.82) is 0 Å². The van der Waals surface area contributed by atoms with Gasteiger partial charge in [0.2, 0.25) is 0 Å². The predicted molar refractivity (Wildman–Crippen MR) is 104 cm³/mol. The molecule has 0 aliphatic carbocycles. The summed E-state index contributed by atoms with van der Waals surface area (Å²) in [4.78, 5) is 15.0. The standard InChI is InChI=1S/C21H20N2O3/c1-14(2)21(22-13-15-7-10-17(11-8-15)23(25)26)20-18-6-4-3-5-16(18)9-12-19(20)24/h3-14,21,24H,1-2H3. The third-order valence-electron chi connectivity index (χ3n) is 4.36. The lowest BCUT2D eigenvalue weighted by Gasteiger charge is -2.20. The van der Waals surface area contributed by atoms with Crippen LogP contribution in [0.4, 0.5) is 5.69 Å². The first-order valence-corrected chi connectivity index (χ1v) is 8.45. The molecule has 0 aliphatic heterocycles. The predicted octanol–water partition coefficient (Wildman–Crippen LogP) is 5.27. The quantitative estimate of drug-likeness (QED) is 0.388. The molecule has 132 valence electrons. The van der Waals surface area contributed by atoms with Gasteiger partial charge in [-0.25, -0.2) is 0 Å². The number of nitro groups is 1. The number of non-ortho nitro benzene ring substituents is 1. The number of nitro benzene ring substituents is 1. The number of phenolic OH excluding ortho intramolecular Hbond substituents is 1. The van der Waals surface area contributed by atoms with Crippen molar-refractivity contribution >= 4 is 22.7 Å². The normalized spacial score (nSPS) is 12.7. The minimum absolute atomic E-state index is 0.0502. The second-order valence-corrected chi connectivity index (χ2v) is 6.54. The van der Waals surface area contributed by atoms with Gasteiger partial charge in [0, 0.05) is 23.9 Å². The summed E-state index contributed by atoms with van der Waals surface area (Å²) in [6.45, 7) is 4.11. The molecule has 0 spiro atoms. The Bertz CT molecular complexity index is 963. The molecule has 0 radical (unpaired) electrons. The summed E-state index contributed by atoms with van der Waals surface area (Å²) in [6, 6.07) is 17.5. The first kappa shape index (κ1) is 17.6. The Balaban J connectivity index is 2.00. The van der Waals surface area contributed by atoms with Crippen LogP contribution in [0.2, 0.25) is 0 Å². The maximum Gasteiger partial charge on any atom is 0.269 e. The van der Waals surface area contributed by atoms with Gasteiger partial charge in [0.05, 0.1) is 11.0 Å². The molecule has 0 heterocycles. The van der Waals surface area contributed by atoms with Gasteiger partial charge < -0.3 is 5.11 Å². The smallest absolute Gasteiger partial charge is 0.269 e. The SMILES string of the molecule is CC(C)C(N=Cc1ccc([N+](=O)[O-])cc1)c1c(O)ccc2ccccc12. The Morgan fingerprint density at radius 3 is 2.38 bits per heavy atom. The van der Waals surface area contributed by atoms with Crippen molar-refractivity contribution in [3.63, 3.8) is 0 Å². The van der Waals surface area contributed by atoms with E-state index in [9.17, 15) is 15.2 Å². The largest absolute Gasteiger partial charge is 0.508 e. The monoisotopic (exact) mass is 348 g/mol. The zero-order valence-electron chi connectivity index (χ0n) is 14.7. The molecule has 0 amide bonds. The van der Waals surface area contributed by atoms with Gasteiger partial charge >= 0.3 is 0 Å². The molecule has 1 unspecified atom stereocenters. The number of fused-ring (bicyclic) bond motifs is 1. The summed E-state index contributed by atoms with van der Waals surface area (Å²) in [7, 11) is 0. The van der Waals surface area contributed by atoms with Gasteiger partial charge in [-0.15, -0.1) is 0 Å². The van der Waals surface area contributed by atoms with E-state index in [1.807, 2.05) is 30.3 Å². The molecule has 3 rings (SSSR count). The highest BCUT2D eigenvalue weighted by atomic mass is 16.6. The Kier molecular flexibility index (Phi) is 4.98. The fraction of sp³-hybridized carbons (Fsp3) is 0.190. The van der Waals surface area contributed by atoms with Crippen molar-refractivity contribution in [3.8, 4) is 5.75 Å². The van der Waals surface area contributed by atoms with E-state index in [2.05, 4.69) is 13.8 Å². The highest BCUT2D eigenvalue weighted by Crippen LogP contribution is 2.38. The minimum atomic E-state index is -0.425. The summed E-state index contributed by atoms with van der Waals surface area (Å²) >= 11 is 0. The van der Waals surface area contributed by atoms with Crippen LogP contribution in [0.1, 0.15) is 31.0 Å². The van der Waals surface area contributed by atoms with Crippen LogP contribution < -0.4 is 0 Å². The molecule has 3 aromatic carbocycles. The lowest BCUT2D eigenvalue weighted by molar-refractivity contribution is -0.384. The van der Waals surface area contributed by atoms with Crippen LogP contribution >= 0.6 is 0 Å². The van der Waals surface area contributed by atoms with E-state index >= 15 is 0 Å². The Morgan fingerprint density at radius 1 is 1.04 bits per heavy atom. The molecular weight excluding hydrogens is 328 g/mol. The molecule has 0 aromatic heterocycles. The second kappa shape index (κ2) is 7.35. The lowest BCUT2D eigenvalue weighted by atomic mass is 9.91. The maximum absolute atomic E-state index is 10.8. The average molecular weight is 348 g/mol. The molecule has 1 N–H and O–H groups in total. The van der Waals surface area contributed by atoms with Crippen LogP contribution in [0.15, 0.2) is 65.7 Å². The number of phenols is 1. The topological polar surface area (TPSA) is 75.7 Å². The van der Waals surface area contributed by atoms with E-state index in [-0.39, 0.29) is 23.4 Å². The molecule has 0 saturated heterocycles. The second-order valence-electron chi connectivity index (χ2n) is 6.54. The summed E-state index contributed by atoms with van der Waals surface area (Å²) in [5.41, 5.74) is 1.63. The van der Waals surface area contributed by atoms with E-state index in [1.54, 1.807) is 24.4 Å². The fourth-order valence-corrected chi connectivity index (χ4v) is 3.02. The van der Waals surface area contributed by atoms with Gasteiger partial charge in [-0.3, -0.25) is 15.1 Å². The van der Waals surface area contributed by atoms with Crippen molar-refractivity contribution in [1.82, 2.24) is 0 Å². The number of hydrogen-bond acceptors (Lipinski definition) is 4. The molecule has 3 aromatic rings. The number of benzene rings is 3. The summed E-state index contributed by atoms with van der Waals surface area (Å²) in [6.07, 6.45) is 1.70. The van der Waals surface area contributed by atoms with Crippen LogP contribution in [-0.2, 0) is 0 Å². The van der Waals surface area contributed by atoms with Gasteiger partial charge in [-0.2, -0.15) is 0 Å². The third kappa shape index (κ3) is 3.57. The van der Waals surface area contributed by atoms with Crippen molar-refractivity contribution in [3.05, 3.63) is 81.9 Å². The van der Waals surface area contributed by atoms with Gasteiger partial charge in [0.1, 0.15) is 5.75 Å². The zero-order valence-corrected chi connectivity index (χ0v) is 14.7. The first-order valence-electron chi connectivity index (χ1n) is 8.45. The Hall–Kier alpha value is -3.21. The number of aliphatic imine (C=N–C) groups is 1. The van der Waals surface area contributed by atoms with Crippen molar-refractivity contribution in [2.45, 2.75) is 19.9 Å². The van der Waals surface area contributed by atoms with Crippen molar-refractivity contribution in [2.75, 3.05) is 0 Å². The number of nitrogens with zero attached hydrogens (tertiary/aromatic N) is 2. The summed E-state index contributed by atoms with van der Waals surface area (Å²) in [5, 5.41) is 23.3. The van der Waals surface area contributed by atoms with Crippen LogP contribution in [0.5, 0.6) is 5.75 Å². The van der Waals surface area contributed by atoms with E-state index in [4.69, 9.17) is 4.99 Å². The van der Waals surface area contributed by atoms with Gasteiger partial charge in [0.15, 0.2) is 0 Å². The Morgan fingerprint density at radius 2 is 1.73 bits per heavy atom. The van der Waals surface area contributed by atoms with E-state index < -0.39 is 4.92 Å². The van der Waals surface area contributed by atoms with Gasteiger partial charge in [0.25, 0.3) is 5.69 Å².